The minimum absolute atomic E-state index is 0.0692. The van der Waals surface area contributed by atoms with Gasteiger partial charge in [-0.15, -0.1) is 0 Å². The molecule has 0 radical (unpaired) electrons. The fourth-order valence-electron chi connectivity index (χ4n) is 6.71. The summed E-state index contributed by atoms with van der Waals surface area (Å²) in [6.07, 6.45) is 0. The number of hydrogen-bond acceptors (Lipinski definition) is 1. The first-order valence-corrected chi connectivity index (χ1v) is 15.5. The lowest BCUT2D eigenvalue weighted by atomic mass is 9.77. The third-order valence-electron chi connectivity index (χ3n) is 9.21. The highest BCUT2D eigenvalue weighted by atomic mass is 15.1. The van der Waals surface area contributed by atoms with Crippen molar-refractivity contribution in [1.29, 1.82) is 0 Å². The molecule has 0 bridgehead atoms. The van der Waals surface area contributed by atoms with Gasteiger partial charge in [0.2, 0.25) is 0 Å². The molecule has 0 aliphatic heterocycles. The number of anilines is 3. The maximum atomic E-state index is 2.41. The maximum Gasteiger partial charge on any atom is 0.0490 e. The molecule has 1 aliphatic rings. The van der Waals surface area contributed by atoms with Gasteiger partial charge in [0.25, 0.3) is 0 Å². The molecule has 0 heterocycles. The summed E-state index contributed by atoms with van der Waals surface area (Å²) in [7, 11) is 0. The van der Waals surface area contributed by atoms with Gasteiger partial charge in [-0.2, -0.15) is 0 Å². The van der Waals surface area contributed by atoms with Crippen LogP contribution in [0.5, 0.6) is 0 Å². The van der Waals surface area contributed by atoms with Crippen LogP contribution in [0.2, 0.25) is 0 Å². The number of nitrogens with zero attached hydrogens (tertiary/aromatic N) is 1. The molecule has 0 aromatic heterocycles. The molecule has 0 saturated heterocycles. The van der Waals surface area contributed by atoms with E-state index in [0.717, 1.165) is 0 Å². The Bertz CT molecular complexity index is 2220. The second-order valence-electron chi connectivity index (χ2n) is 13.2. The molecule has 0 saturated carbocycles. The van der Waals surface area contributed by atoms with E-state index in [9.17, 15) is 0 Å². The van der Waals surface area contributed by atoms with Crippen LogP contribution in [0.3, 0.4) is 0 Å². The molecule has 7 aromatic rings. The Morgan fingerprint density at radius 2 is 1.02 bits per heavy atom. The van der Waals surface area contributed by atoms with Crippen LogP contribution < -0.4 is 4.90 Å². The van der Waals surface area contributed by atoms with Crippen molar-refractivity contribution in [3.05, 3.63) is 151 Å². The molecule has 8 rings (SSSR count). The summed E-state index contributed by atoms with van der Waals surface area (Å²) in [5, 5.41) is 5.10. The van der Waals surface area contributed by atoms with E-state index in [1.165, 1.54) is 83.1 Å². The Kier molecular flexibility index (Phi) is 6.00. The Labute approximate surface area is 260 Å². The lowest BCUT2D eigenvalue weighted by Gasteiger charge is -2.30. The Balaban J connectivity index is 1.23. The van der Waals surface area contributed by atoms with Crippen molar-refractivity contribution in [2.24, 2.45) is 0 Å². The average molecular weight is 566 g/mol. The third kappa shape index (κ3) is 4.39. The van der Waals surface area contributed by atoms with Gasteiger partial charge in [-0.3, -0.25) is 0 Å². The lowest BCUT2D eigenvalue weighted by molar-refractivity contribution is 0.590. The van der Waals surface area contributed by atoms with Gasteiger partial charge in [0.05, 0.1) is 0 Å². The van der Waals surface area contributed by atoms with E-state index in [0.29, 0.717) is 0 Å². The van der Waals surface area contributed by atoms with Crippen LogP contribution in [0.1, 0.15) is 31.9 Å². The largest absolute Gasteiger partial charge is 0.310 e. The van der Waals surface area contributed by atoms with Crippen LogP contribution in [0.15, 0.2) is 140 Å². The Morgan fingerprint density at radius 1 is 0.432 bits per heavy atom. The average Bonchev–Trinajstić information content (AvgIpc) is 3.04. The quantitative estimate of drug-likeness (QED) is 0.205. The van der Waals surface area contributed by atoms with Crippen molar-refractivity contribution >= 4 is 38.6 Å². The zero-order valence-corrected chi connectivity index (χ0v) is 25.7. The molecule has 1 heteroatoms. The van der Waals surface area contributed by atoms with Gasteiger partial charge in [0, 0.05) is 17.1 Å². The van der Waals surface area contributed by atoms with Crippen molar-refractivity contribution in [2.45, 2.75) is 33.1 Å². The summed E-state index contributed by atoms with van der Waals surface area (Å²) in [4.78, 5) is 2.41. The normalized spacial score (nSPS) is 12.1. The molecule has 7 aromatic carbocycles. The van der Waals surface area contributed by atoms with Crippen molar-refractivity contribution in [3.8, 4) is 33.4 Å². The van der Waals surface area contributed by atoms with Gasteiger partial charge in [-0.05, 0) is 139 Å². The molecule has 0 N–H and O–H groups in total. The molecule has 0 amide bonds. The molecular formula is C43H35N. The molecule has 44 heavy (non-hydrogen) atoms. The summed E-state index contributed by atoms with van der Waals surface area (Å²) in [6.45, 7) is 9.03. The molecule has 212 valence electrons. The van der Waals surface area contributed by atoms with Crippen molar-refractivity contribution < 1.29 is 0 Å². The first kappa shape index (κ1) is 26.5. The summed E-state index contributed by atoms with van der Waals surface area (Å²) < 4.78 is 0. The van der Waals surface area contributed by atoms with E-state index in [4.69, 9.17) is 0 Å². The first-order chi connectivity index (χ1) is 21.3. The second kappa shape index (κ2) is 9.96. The van der Waals surface area contributed by atoms with Crippen molar-refractivity contribution in [1.82, 2.24) is 0 Å². The van der Waals surface area contributed by atoms with Crippen LogP contribution in [0, 0.1) is 6.92 Å². The maximum absolute atomic E-state index is 2.41. The minimum atomic E-state index is 0.0692. The predicted molar refractivity (Wildman–Crippen MR) is 189 cm³/mol. The Morgan fingerprint density at radius 3 is 1.70 bits per heavy atom. The number of aryl methyl sites for hydroxylation is 1. The topological polar surface area (TPSA) is 3.24 Å². The molecule has 0 spiro atoms. The standard InChI is InChI=1S/C43H35N/c1-28-11-8-9-16-42(28)44(36-15-10-14-35(27-36)43(2,3)4)37-20-19-32-24-39-40-25-33-21-30(29-12-6-5-7-13-29)17-18-31(33)23-38(40)41(39)26-34(32)22-37/h5-27H,1-4H3. The van der Waals surface area contributed by atoms with Gasteiger partial charge in [0.1, 0.15) is 0 Å². The summed E-state index contributed by atoms with van der Waals surface area (Å²) >= 11 is 0. The Hall–Kier alpha value is -5.14. The predicted octanol–water partition coefficient (Wildman–Crippen LogP) is 12.4. The highest BCUT2D eigenvalue weighted by molar-refractivity contribution is 6.12. The van der Waals surface area contributed by atoms with E-state index >= 15 is 0 Å². The minimum Gasteiger partial charge on any atom is -0.310 e. The van der Waals surface area contributed by atoms with Crippen LogP contribution in [-0.4, -0.2) is 0 Å². The summed E-state index contributed by atoms with van der Waals surface area (Å²) in [6, 6.07) is 51.6. The van der Waals surface area contributed by atoms with Gasteiger partial charge < -0.3 is 4.90 Å². The highest BCUT2D eigenvalue weighted by Crippen LogP contribution is 2.51. The van der Waals surface area contributed by atoms with Crippen molar-refractivity contribution in [3.63, 3.8) is 0 Å². The van der Waals surface area contributed by atoms with E-state index < -0.39 is 0 Å². The first-order valence-electron chi connectivity index (χ1n) is 15.5. The van der Waals surface area contributed by atoms with E-state index in [-0.39, 0.29) is 5.41 Å². The van der Waals surface area contributed by atoms with E-state index in [1.54, 1.807) is 0 Å². The monoisotopic (exact) mass is 565 g/mol. The number of benzene rings is 7. The lowest BCUT2D eigenvalue weighted by Crippen LogP contribution is -2.15. The molecule has 0 atom stereocenters. The van der Waals surface area contributed by atoms with E-state index in [1.807, 2.05) is 0 Å². The van der Waals surface area contributed by atoms with Crippen LogP contribution >= 0.6 is 0 Å². The molecular weight excluding hydrogens is 530 g/mol. The summed E-state index contributed by atoms with van der Waals surface area (Å²) in [5.41, 5.74) is 14.1. The SMILES string of the molecule is Cc1ccccc1N(c1cccc(C(C)(C)C)c1)c1ccc2cc3c(cc2c1)-c1cc2ccc(-c4ccccc4)cc2cc1-3. The van der Waals surface area contributed by atoms with Gasteiger partial charge in [-0.1, -0.05) is 99.6 Å². The number of hydrogen-bond donors (Lipinski definition) is 0. The van der Waals surface area contributed by atoms with Crippen LogP contribution in [-0.2, 0) is 5.41 Å². The molecule has 1 aliphatic carbocycles. The van der Waals surface area contributed by atoms with Gasteiger partial charge in [0.15, 0.2) is 0 Å². The highest BCUT2D eigenvalue weighted by Gasteiger charge is 2.25. The zero-order valence-electron chi connectivity index (χ0n) is 25.7. The fourth-order valence-corrected chi connectivity index (χ4v) is 6.71. The molecule has 0 fully saturated rings. The van der Waals surface area contributed by atoms with Gasteiger partial charge >= 0.3 is 0 Å². The molecule has 1 nitrogen and oxygen atoms in total. The summed E-state index contributed by atoms with van der Waals surface area (Å²) in [5.74, 6) is 0. The smallest absolute Gasteiger partial charge is 0.0490 e. The number of fused-ring (bicyclic) bond motifs is 6. The zero-order chi connectivity index (χ0) is 30.0. The van der Waals surface area contributed by atoms with E-state index in [2.05, 4.69) is 172 Å². The molecule has 0 unspecified atom stereocenters. The number of para-hydroxylation sites is 1. The number of rotatable bonds is 4. The second-order valence-corrected chi connectivity index (χ2v) is 13.2. The fraction of sp³-hybridized carbons (Fsp3) is 0.116. The van der Waals surface area contributed by atoms with Crippen LogP contribution in [0.25, 0.3) is 54.9 Å². The van der Waals surface area contributed by atoms with Crippen molar-refractivity contribution in [2.75, 3.05) is 4.90 Å². The third-order valence-corrected chi connectivity index (χ3v) is 9.21. The van der Waals surface area contributed by atoms with Crippen LogP contribution in [0.4, 0.5) is 17.1 Å². The van der Waals surface area contributed by atoms with Gasteiger partial charge in [-0.25, -0.2) is 0 Å².